The van der Waals surface area contributed by atoms with Gasteiger partial charge in [0.1, 0.15) is 11.0 Å². The first-order chi connectivity index (χ1) is 15.5. The SMILES string of the molecule is O=C(C(CO)c1ccccc1)N1Cc2cn(S(=O)(=O)c3ccc(OC4CC4)nc3)nc2C1. The molecule has 9 nitrogen and oxygen atoms in total. The first-order valence-corrected chi connectivity index (χ1v) is 11.8. The van der Waals surface area contributed by atoms with Gasteiger partial charge < -0.3 is 14.7 Å². The third-order valence-electron chi connectivity index (χ3n) is 5.62. The molecule has 2 aliphatic rings. The Balaban J connectivity index is 1.31. The average molecular weight is 455 g/mol. The quantitative estimate of drug-likeness (QED) is 0.578. The number of carbonyl (C=O) groups is 1. The second kappa shape index (κ2) is 8.03. The zero-order valence-corrected chi connectivity index (χ0v) is 18.0. The van der Waals surface area contributed by atoms with E-state index < -0.39 is 15.9 Å². The standard InChI is InChI=1S/C22H22N4O5S/c27-14-19(15-4-2-1-3-5-15)22(28)25-11-16-12-26(24-20(16)13-25)32(29,30)18-8-9-21(23-10-18)31-17-6-7-17/h1-5,8-10,12,17,19,27H,6-7,11,13-14H2. The number of amides is 1. The number of fused-ring (bicyclic) bond motifs is 1. The maximum atomic E-state index is 13.0. The number of benzene rings is 1. The molecule has 0 saturated heterocycles. The number of nitrogens with zero attached hydrogens (tertiary/aromatic N) is 4. The predicted octanol–water partition coefficient (Wildman–Crippen LogP) is 1.67. The van der Waals surface area contributed by atoms with Crippen LogP contribution in [0.4, 0.5) is 0 Å². The molecule has 1 aliphatic heterocycles. The molecule has 3 heterocycles. The third-order valence-corrected chi connectivity index (χ3v) is 7.13. The van der Waals surface area contributed by atoms with E-state index in [1.165, 1.54) is 18.5 Å². The van der Waals surface area contributed by atoms with E-state index >= 15 is 0 Å². The van der Waals surface area contributed by atoms with Crippen molar-refractivity contribution in [3.05, 3.63) is 71.7 Å². The number of aliphatic hydroxyl groups is 1. The Morgan fingerprint density at radius 1 is 1.16 bits per heavy atom. The van der Waals surface area contributed by atoms with Crippen LogP contribution in [0.2, 0.25) is 0 Å². The second-order valence-electron chi connectivity index (χ2n) is 7.97. The van der Waals surface area contributed by atoms with Crippen molar-refractivity contribution >= 4 is 15.9 Å². The molecular weight excluding hydrogens is 432 g/mol. The molecule has 1 atom stereocenters. The molecule has 5 rings (SSSR count). The monoisotopic (exact) mass is 454 g/mol. The summed E-state index contributed by atoms with van der Waals surface area (Å²) in [6.45, 7) is 0.116. The Kier molecular flexibility index (Phi) is 5.18. The van der Waals surface area contributed by atoms with E-state index in [4.69, 9.17) is 4.74 Å². The van der Waals surface area contributed by atoms with Crippen molar-refractivity contribution in [2.75, 3.05) is 6.61 Å². The Morgan fingerprint density at radius 2 is 1.94 bits per heavy atom. The molecule has 10 heteroatoms. The molecule has 1 amide bonds. The fourth-order valence-electron chi connectivity index (χ4n) is 3.69. The van der Waals surface area contributed by atoms with Gasteiger partial charge in [-0.25, -0.2) is 4.98 Å². The lowest BCUT2D eigenvalue weighted by Gasteiger charge is -2.22. The van der Waals surface area contributed by atoms with Crippen LogP contribution in [0.25, 0.3) is 0 Å². The van der Waals surface area contributed by atoms with Crippen molar-refractivity contribution in [1.29, 1.82) is 0 Å². The van der Waals surface area contributed by atoms with E-state index in [9.17, 15) is 18.3 Å². The van der Waals surface area contributed by atoms with Crippen LogP contribution in [-0.2, 0) is 27.9 Å². The minimum absolute atomic E-state index is 0.0131. The number of hydrogen-bond donors (Lipinski definition) is 1. The minimum Gasteiger partial charge on any atom is -0.474 e. The molecule has 1 aliphatic carbocycles. The van der Waals surface area contributed by atoms with Gasteiger partial charge in [0.2, 0.25) is 11.8 Å². The van der Waals surface area contributed by atoms with Crippen molar-refractivity contribution in [2.45, 2.75) is 42.8 Å². The number of carbonyl (C=O) groups excluding carboxylic acids is 1. The molecule has 0 radical (unpaired) electrons. The van der Waals surface area contributed by atoms with Crippen molar-refractivity contribution < 1.29 is 23.1 Å². The molecule has 0 bridgehead atoms. The number of ether oxygens (including phenoxy) is 1. The smallest absolute Gasteiger partial charge is 0.284 e. The summed E-state index contributed by atoms with van der Waals surface area (Å²) in [7, 11) is -3.90. The van der Waals surface area contributed by atoms with E-state index in [-0.39, 0.29) is 36.6 Å². The highest BCUT2D eigenvalue weighted by atomic mass is 32.2. The van der Waals surface area contributed by atoms with E-state index in [1.807, 2.05) is 18.2 Å². The van der Waals surface area contributed by atoms with Gasteiger partial charge in [0.05, 0.1) is 31.0 Å². The van der Waals surface area contributed by atoms with Crippen LogP contribution >= 0.6 is 0 Å². The molecule has 1 unspecified atom stereocenters. The van der Waals surface area contributed by atoms with E-state index in [0.29, 0.717) is 17.1 Å². The van der Waals surface area contributed by atoms with Crippen molar-refractivity contribution in [3.8, 4) is 5.88 Å². The van der Waals surface area contributed by atoms with Crippen LogP contribution in [0.1, 0.15) is 35.6 Å². The van der Waals surface area contributed by atoms with Crippen LogP contribution < -0.4 is 4.74 Å². The maximum Gasteiger partial charge on any atom is 0.284 e. The molecule has 166 valence electrons. The summed E-state index contributed by atoms with van der Waals surface area (Å²) < 4.78 is 32.4. The number of pyridine rings is 1. The van der Waals surface area contributed by atoms with Crippen LogP contribution in [0.3, 0.4) is 0 Å². The van der Waals surface area contributed by atoms with Crippen molar-refractivity contribution in [2.24, 2.45) is 0 Å². The first-order valence-electron chi connectivity index (χ1n) is 10.4. The normalized spacial score (nSPS) is 16.6. The van der Waals surface area contributed by atoms with Crippen molar-refractivity contribution in [3.63, 3.8) is 0 Å². The van der Waals surface area contributed by atoms with Gasteiger partial charge in [-0.05, 0) is 24.5 Å². The van der Waals surface area contributed by atoms with Gasteiger partial charge in [-0.1, -0.05) is 30.3 Å². The Labute approximate surface area is 185 Å². The molecule has 1 aromatic carbocycles. The highest BCUT2D eigenvalue weighted by Crippen LogP contribution is 2.29. The van der Waals surface area contributed by atoms with Crippen LogP contribution in [-0.4, -0.2) is 51.2 Å². The summed E-state index contributed by atoms with van der Waals surface area (Å²) in [5.74, 6) is -0.486. The Morgan fingerprint density at radius 3 is 2.56 bits per heavy atom. The second-order valence-corrected chi connectivity index (χ2v) is 9.76. The lowest BCUT2D eigenvalue weighted by molar-refractivity contribution is -0.134. The van der Waals surface area contributed by atoms with Gasteiger partial charge in [-0.3, -0.25) is 4.79 Å². The van der Waals surface area contributed by atoms with Gasteiger partial charge in [0.25, 0.3) is 10.0 Å². The minimum atomic E-state index is -3.90. The summed E-state index contributed by atoms with van der Waals surface area (Å²) >= 11 is 0. The molecule has 1 saturated carbocycles. The van der Waals surface area contributed by atoms with Gasteiger partial charge in [0.15, 0.2) is 0 Å². The first kappa shape index (κ1) is 20.7. The summed E-state index contributed by atoms with van der Waals surface area (Å²) in [6, 6.07) is 12.1. The molecule has 1 fully saturated rings. The Hall–Kier alpha value is -3.24. The van der Waals surface area contributed by atoms with Gasteiger partial charge in [-0.15, -0.1) is 0 Å². The maximum absolute atomic E-state index is 13.0. The number of aromatic nitrogens is 3. The predicted molar refractivity (Wildman–Crippen MR) is 113 cm³/mol. The zero-order chi connectivity index (χ0) is 22.3. The van der Waals surface area contributed by atoms with Crippen LogP contribution in [0.15, 0.2) is 59.8 Å². The summed E-state index contributed by atoms with van der Waals surface area (Å²) in [5.41, 5.74) is 1.92. The third kappa shape index (κ3) is 3.87. The highest BCUT2D eigenvalue weighted by molar-refractivity contribution is 7.89. The zero-order valence-electron chi connectivity index (χ0n) is 17.2. The number of hydrogen-bond acceptors (Lipinski definition) is 7. The topological polar surface area (TPSA) is 115 Å². The summed E-state index contributed by atoms with van der Waals surface area (Å²) in [6.07, 6.45) is 4.86. The van der Waals surface area contributed by atoms with E-state index in [0.717, 1.165) is 22.5 Å². The average Bonchev–Trinajstić information content (AvgIpc) is 3.37. The molecular formula is C22H22N4O5S. The van der Waals surface area contributed by atoms with Crippen LogP contribution in [0, 0.1) is 0 Å². The lowest BCUT2D eigenvalue weighted by atomic mass is 9.98. The van der Waals surface area contributed by atoms with Crippen LogP contribution in [0.5, 0.6) is 5.88 Å². The number of rotatable bonds is 7. The fourth-order valence-corrected chi connectivity index (χ4v) is 4.81. The summed E-state index contributed by atoms with van der Waals surface area (Å²) in [4.78, 5) is 18.6. The van der Waals surface area contributed by atoms with Gasteiger partial charge in [-0.2, -0.15) is 17.6 Å². The molecule has 0 spiro atoms. The fraction of sp³-hybridized carbons (Fsp3) is 0.318. The van der Waals surface area contributed by atoms with Gasteiger partial charge >= 0.3 is 0 Å². The number of aliphatic hydroxyl groups excluding tert-OH is 1. The summed E-state index contributed by atoms with van der Waals surface area (Å²) in [5, 5.41) is 14.0. The molecule has 3 aromatic rings. The lowest BCUT2D eigenvalue weighted by Crippen LogP contribution is -2.33. The highest BCUT2D eigenvalue weighted by Gasteiger charge is 2.33. The van der Waals surface area contributed by atoms with E-state index in [2.05, 4.69) is 10.1 Å². The van der Waals surface area contributed by atoms with E-state index in [1.54, 1.807) is 23.1 Å². The van der Waals surface area contributed by atoms with Crippen molar-refractivity contribution in [1.82, 2.24) is 19.1 Å². The Bertz CT molecular complexity index is 1210. The molecule has 32 heavy (non-hydrogen) atoms. The largest absolute Gasteiger partial charge is 0.474 e. The van der Waals surface area contributed by atoms with Gasteiger partial charge in [0, 0.05) is 24.4 Å². The molecule has 2 aromatic heterocycles. The molecule has 1 N–H and O–H groups in total.